The monoisotopic (exact) mass is 348 g/mol. The van der Waals surface area contributed by atoms with Crippen molar-refractivity contribution in [3.8, 4) is 0 Å². The highest BCUT2D eigenvalue weighted by Crippen LogP contribution is 2.15. The molecule has 126 valence electrons. The van der Waals surface area contributed by atoms with Crippen LogP contribution in [-0.2, 0) is 10.0 Å². The lowest BCUT2D eigenvalue weighted by Gasteiger charge is -2.16. The maximum Gasteiger partial charge on any atom is 0.315 e. The zero-order valence-corrected chi connectivity index (χ0v) is 15.1. The quantitative estimate of drug-likeness (QED) is 0.696. The van der Waals surface area contributed by atoms with Crippen molar-refractivity contribution in [2.45, 2.75) is 33.2 Å². The number of thiazole rings is 1. The van der Waals surface area contributed by atoms with Crippen molar-refractivity contribution in [2.75, 3.05) is 25.9 Å². The average molecular weight is 348 g/mol. The molecule has 0 spiro atoms. The van der Waals surface area contributed by atoms with Crippen molar-refractivity contribution < 1.29 is 13.2 Å². The molecule has 1 atom stereocenters. The molecule has 0 aliphatic rings. The highest BCUT2D eigenvalue weighted by Gasteiger charge is 2.15. The van der Waals surface area contributed by atoms with E-state index < -0.39 is 10.0 Å². The summed E-state index contributed by atoms with van der Waals surface area (Å²) in [7, 11) is -1.61. The lowest BCUT2D eigenvalue weighted by Crippen LogP contribution is -2.39. The Balaban J connectivity index is 2.26. The number of amides is 2. The molecule has 0 unspecified atom stereocenters. The SMILES string of the molecule is CCS(=O)(=O)N(C)CCCNC(=O)N[C@H](C)c1csc(C)n1. The third-order valence-corrected chi connectivity index (χ3v) is 5.86. The summed E-state index contributed by atoms with van der Waals surface area (Å²) < 4.78 is 24.4. The predicted molar refractivity (Wildman–Crippen MR) is 88.5 cm³/mol. The Labute approximate surface area is 136 Å². The van der Waals surface area contributed by atoms with Crippen molar-refractivity contribution in [3.63, 3.8) is 0 Å². The van der Waals surface area contributed by atoms with E-state index in [1.54, 1.807) is 25.3 Å². The number of nitrogens with one attached hydrogen (secondary N) is 2. The number of aromatic nitrogens is 1. The standard InChI is InChI=1S/C13H24N4O3S2/c1-5-22(19,20)17(4)8-6-7-14-13(18)15-10(2)12-9-21-11(3)16-12/h9-10H,5-8H2,1-4H3,(H2,14,15,18)/t10-/m1/s1. The summed E-state index contributed by atoms with van der Waals surface area (Å²) in [6, 6.07) is -0.438. The fourth-order valence-corrected chi connectivity index (χ4v) is 3.32. The normalized spacial score (nSPS) is 13.1. The highest BCUT2D eigenvalue weighted by molar-refractivity contribution is 7.89. The molecule has 9 heteroatoms. The Hall–Kier alpha value is -1.19. The second-order valence-electron chi connectivity index (χ2n) is 4.99. The van der Waals surface area contributed by atoms with Gasteiger partial charge in [0.1, 0.15) is 0 Å². The van der Waals surface area contributed by atoms with Crippen LogP contribution in [0.3, 0.4) is 0 Å². The maximum absolute atomic E-state index is 11.8. The van der Waals surface area contributed by atoms with E-state index in [1.165, 1.54) is 4.31 Å². The van der Waals surface area contributed by atoms with Gasteiger partial charge in [-0.05, 0) is 27.2 Å². The zero-order chi connectivity index (χ0) is 16.8. The minimum absolute atomic E-state index is 0.0853. The zero-order valence-electron chi connectivity index (χ0n) is 13.4. The third-order valence-electron chi connectivity index (χ3n) is 3.20. The number of sulfonamides is 1. The number of urea groups is 1. The summed E-state index contributed by atoms with van der Waals surface area (Å²) >= 11 is 1.54. The molecular weight excluding hydrogens is 324 g/mol. The van der Waals surface area contributed by atoms with E-state index >= 15 is 0 Å². The van der Waals surface area contributed by atoms with Crippen LogP contribution in [0.1, 0.15) is 37.0 Å². The van der Waals surface area contributed by atoms with Crippen molar-refractivity contribution >= 4 is 27.4 Å². The largest absolute Gasteiger partial charge is 0.338 e. The van der Waals surface area contributed by atoms with Crippen molar-refractivity contribution in [2.24, 2.45) is 0 Å². The second-order valence-corrected chi connectivity index (χ2v) is 8.42. The van der Waals surface area contributed by atoms with Crippen LogP contribution in [0.5, 0.6) is 0 Å². The minimum atomic E-state index is -3.15. The molecule has 0 aliphatic carbocycles. The average Bonchev–Trinajstić information content (AvgIpc) is 2.90. The summed E-state index contributed by atoms with van der Waals surface area (Å²) in [6.45, 7) is 6.20. The molecule has 0 aliphatic heterocycles. The molecule has 1 rings (SSSR count). The van der Waals surface area contributed by atoms with Gasteiger partial charge in [0.25, 0.3) is 0 Å². The summed E-state index contributed by atoms with van der Waals surface area (Å²) in [5.74, 6) is 0.0853. The van der Waals surface area contributed by atoms with Crippen LogP contribution in [-0.4, -0.2) is 49.6 Å². The third kappa shape index (κ3) is 5.90. The highest BCUT2D eigenvalue weighted by atomic mass is 32.2. The van der Waals surface area contributed by atoms with E-state index in [2.05, 4.69) is 15.6 Å². The lowest BCUT2D eigenvalue weighted by molar-refractivity contribution is 0.237. The molecule has 0 saturated carbocycles. The van der Waals surface area contributed by atoms with Gasteiger partial charge < -0.3 is 10.6 Å². The van der Waals surface area contributed by atoms with Crippen molar-refractivity contribution in [3.05, 3.63) is 16.1 Å². The molecule has 7 nitrogen and oxygen atoms in total. The van der Waals surface area contributed by atoms with Crippen LogP contribution < -0.4 is 10.6 Å². The second kappa shape index (κ2) is 8.44. The van der Waals surface area contributed by atoms with Gasteiger partial charge in [-0.3, -0.25) is 0 Å². The molecule has 0 saturated heterocycles. The van der Waals surface area contributed by atoms with E-state index in [9.17, 15) is 13.2 Å². The first-order chi connectivity index (χ1) is 10.3. The van der Waals surface area contributed by atoms with E-state index in [1.807, 2.05) is 19.2 Å². The smallest absolute Gasteiger partial charge is 0.315 e. The Morgan fingerprint density at radius 3 is 2.73 bits per heavy atom. The summed E-state index contributed by atoms with van der Waals surface area (Å²) in [4.78, 5) is 16.1. The van der Waals surface area contributed by atoms with Gasteiger partial charge >= 0.3 is 6.03 Å². The van der Waals surface area contributed by atoms with Gasteiger partial charge in [-0.25, -0.2) is 22.5 Å². The Morgan fingerprint density at radius 1 is 1.50 bits per heavy atom. The first-order valence-corrected chi connectivity index (χ1v) is 9.65. The minimum Gasteiger partial charge on any atom is -0.338 e. The van der Waals surface area contributed by atoms with E-state index in [0.29, 0.717) is 19.5 Å². The van der Waals surface area contributed by atoms with E-state index in [-0.39, 0.29) is 17.8 Å². The number of aryl methyl sites for hydroxylation is 1. The van der Waals surface area contributed by atoms with Crippen LogP contribution in [0.4, 0.5) is 4.79 Å². The summed E-state index contributed by atoms with van der Waals surface area (Å²) in [6.07, 6.45) is 0.563. The van der Waals surface area contributed by atoms with Crippen LogP contribution in [0, 0.1) is 6.92 Å². The number of carbonyl (C=O) groups excluding carboxylic acids is 1. The molecule has 0 radical (unpaired) electrons. The van der Waals surface area contributed by atoms with Gasteiger partial charge in [0.05, 0.1) is 22.5 Å². The Morgan fingerprint density at radius 2 is 2.18 bits per heavy atom. The number of rotatable bonds is 8. The Bertz CT molecular complexity index is 586. The van der Waals surface area contributed by atoms with Gasteiger partial charge in [-0.1, -0.05) is 0 Å². The van der Waals surface area contributed by atoms with Crippen LogP contribution in [0.25, 0.3) is 0 Å². The maximum atomic E-state index is 11.8. The lowest BCUT2D eigenvalue weighted by atomic mass is 10.3. The fourth-order valence-electron chi connectivity index (χ4n) is 1.76. The molecule has 2 N–H and O–H groups in total. The van der Waals surface area contributed by atoms with Crippen molar-refractivity contribution in [1.82, 2.24) is 19.9 Å². The van der Waals surface area contributed by atoms with Crippen LogP contribution in [0.15, 0.2) is 5.38 Å². The van der Waals surface area contributed by atoms with Gasteiger partial charge in [0, 0.05) is 25.5 Å². The van der Waals surface area contributed by atoms with Crippen LogP contribution in [0.2, 0.25) is 0 Å². The molecule has 0 bridgehead atoms. The molecular formula is C13H24N4O3S2. The number of nitrogens with zero attached hydrogens (tertiary/aromatic N) is 2. The first-order valence-electron chi connectivity index (χ1n) is 7.16. The number of hydrogen-bond acceptors (Lipinski definition) is 5. The predicted octanol–water partition coefficient (Wildman–Crippen LogP) is 1.48. The van der Waals surface area contributed by atoms with E-state index in [4.69, 9.17) is 0 Å². The summed E-state index contributed by atoms with van der Waals surface area (Å²) in [5.41, 5.74) is 0.839. The van der Waals surface area contributed by atoms with Crippen LogP contribution >= 0.6 is 11.3 Å². The number of carbonyl (C=O) groups is 1. The summed E-state index contributed by atoms with van der Waals surface area (Å²) in [5, 5.41) is 8.40. The Kier molecular flexibility index (Phi) is 7.24. The molecule has 2 amide bonds. The van der Waals surface area contributed by atoms with Crippen molar-refractivity contribution in [1.29, 1.82) is 0 Å². The fraction of sp³-hybridized carbons (Fsp3) is 0.692. The molecule has 22 heavy (non-hydrogen) atoms. The number of hydrogen-bond donors (Lipinski definition) is 2. The first kappa shape index (κ1) is 18.9. The molecule has 1 aromatic heterocycles. The van der Waals surface area contributed by atoms with Gasteiger partial charge in [0.2, 0.25) is 10.0 Å². The molecule has 1 aromatic rings. The van der Waals surface area contributed by atoms with E-state index in [0.717, 1.165) is 10.7 Å². The van der Waals surface area contributed by atoms with Gasteiger partial charge in [-0.15, -0.1) is 11.3 Å². The molecule has 0 aromatic carbocycles. The topological polar surface area (TPSA) is 91.4 Å². The molecule has 0 fully saturated rings. The molecule has 1 heterocycles. The van der Waals surface area contributed by atoms with Gasteiger partial charge in [0.15, 0.2) is 0 Å². The van der Waals surface area contributed by atoms with Gasteiger partial charge in [-0.2, -0.15) is 0 Å².